The molecule has 0 saturated heterocycles. The molecule has 0 spiro atoms. The molecular weight excluding hydrogens is 227 g/mol. The lowest BCUT2D eigenvalue weighted by Gasteiger charge is -2.32. The van der Waals surface area contributed by atoms with Crippen molar-refractivity contribution in [2.45, 2.75) is 38.3 Å². The molecule has 1 aromatic rings. The van der Waals surface area contributed by atoms with E-state index in [1.165, 1.54) is 37.8 Å². The maximum Gasteiger partial charge on any atom is 0.129 e. The molecule has 2 fully saturated rings. The minimum atomic E-state index is -0.228. The number of halogens is 1. The number of benzene rings is 1. The first-order valence-corrected chi connectivity index (χ1v) is 6.86. The highest BCUT2D eigenvalue weighted by Gasteiger charge is 2.44. The second-order valence-electron chi connectivity index (χ2n) is 6.02. The Kier molecular flexibility index (Phi) is 2.08. The summed E-state index contributed by atoms with van der Waals surface area (Å²) in [7, 11) is 0. The van der Waals surface area contributed by atoms with Crippen LogP contribution in [0.4, 0.5) is 4.39 Å². The molecule has 2 nitrogen and oxygen atoms in total. The zero-order chi connectivity index (χ0) is 12.3. The summed E-state index contributed by atoms with van der Waals surface area (Å²) in [6.45, 7) is 0.808. The predicted octanol–water partition coefficient (Wildman–Crippen LogP) is 3.16. The molecule has 1 N–H and O–H groups in total. The van der Waals surface area contributed by atoms with E-state index >= 15 is 0 Å². The second-order valence-corrected chi connectivity index (χ2v) is 6.02. The van der Waals surface area contributed by atoms with Crippen LogP contribution in [0.3, 0.4) is 0 Å². The van der Waals surface area contributed by atoms with Gasteiger partial charge in [0.05, 0.1) is 0 Å². The van der Waals surface area contributed by atoms with Gasteiger partial charge in [-0.15, -0.1) is 0 Å². The van der Waals surface area contributed by atoms with E-state index in [1.807, 2.05) is 6.07 Å². The molecule has 1 aromatic carbocycles. The van der Waals surface area contributed by atoms with E-state index in [0.717, 1.165) is 29.5 Å². The largest absolute Gasteiger partial charge is 0.349 e. The average molecular weight is 244 g/mol. The third-order valence-electron chi connectivity index (χ3n) is 5.06. The number of fused-ring (bicyclic) bond motifs is 3. The molecule has 94 valence electrons. The van der Waals surface area contributed by atoms with Gasteiger partial charge in [-0.2, -0.15) is 0 Å². The Balaban J connectivity index is 1.65. The molecule has 0 amide bonds. The number of nitrogens with zero attached hydrogens (tertiary/aromatic N) is 1. The fourth-order valence-electron chi connectivity index (χ4n) is 4.20. The van der Waals surface area contributed by atoms with Crippen molar-refractivity contribution in [1.82, 2.24) is 4.90 Å². The first-order valence-electron chi connectivity index (χ1n) is 6.86. The Morgan fingerprint density at radius 1 is 1.22 bits per heavy atom. The van der Waals surface area contributed by atoms with Crippen LogP contribution >= 0.6 is 0 Å². The van der Waals surface area contributed by atoms with Crippen LogP contribution in [0.1, 0.15) is 36.8 Å². The van der Waals surface area contributed by atoms with Gasteiger partial charge in [-0.25, -0.2) is 4.39 Å². The summed E-state index contributed by atoms with van der Waals surface area (Å²) in [6.07, 6.45) is 5.29. The molecule has 3 heteroatoms. The summed E-state index contributed by atoms with van der Waals surface area (Å²) in [5.74, 6) is 1.97. The highest BCUT2D eigenvalue weighted by Crippen LogP contribution is 2.48. The van der Waals surface area contributed by atoms with E-state index in [0.29, 0.717) is 11.9 Å². The summed E-state index contributed by atoms with van der Waals surface area (Å²) in [4.78, 5) is 2.22. The van der Waals surface area contributed by atoms with Crippen molar-refractivity contribution in [3.8, 4) is 0 Å². The molecule has 0 radical (unpaired) electrons. The third-order valence-corrected chi connectivity index (χ3v) is 5.06. The molecule has 3 aliphatic rings. The summed E-state index contributed by atoms with van der Waals surface area (Å²) >= 11 is 0. The van der Waals surface area contributed by atoms with Gasteiger partial charge < -0.3 is 4.90 Å². The molecule has 18 heavy (non-hydrogen) atoms. The van der Waals surface area contributed by atoms with E-state index in [4.69, 9.17) is 5.41 Å². The van der Waals surface area contributed by atoms with Gasteiger partial charge in [-0.1, -0.05) is 12.5 Å². The number of hydrogen-bond donors (Lipinski definition) is 1. The number of amidine groups is 1. The van der Waals surface area contributed by atoms with Crippen LogP contribution in [0.25, 0.3) is 0 Å². The number of hydrogen-bond acceptors (Lipinski definition) is 1. The summed E-state index contributed by atoms with van der Waals surface area (Å²) in [5.41, 5.74) is 1.92. The number of nitrogens with one attached hydrogen (secondary N) is 1. The van der Waals surface area contributed by atoms with Gasteiger partial charge in [0, 0.05) is 18.2 Å². The molecular formula is C15H17FN2. The van der Waals surface area contributed by atoms with Crippen molar-refractivity contribution < 1.29 is 4.39 Å². The van der Waals surface area contributed by atoms with Gasteiger partial charge in [-0.05, 0) is 48.8 Å². The quantitative estimate of drug-likeness (QED) is 0.807. The van der Waals surface area contributed by atoms with Crippen LogP contribution < -0.4 is 0 Å². The zero-order valence-electron chi connectivity index (χ0n) is 10.3. The molecule has 3 unspecified atom stereocenters. The van der Waals surface area contributed by atoms with E-state index in [9.17, 15) is 4.39 Å². The van der Waals surface area contributed by atoms with E-state index in [2.05, 4.69) is 4.90 Å². The molecule has 3 atom stereocenters. The monoisotopic (exact) mass is 244 g/mol. The van der Waals surface area contributed by atoms with Crippen molar-refractivity contribution >= 4 is 5.84 Å². The van der Waals surface area contributed by atoms with Gasteiger partial charge in [0.15, 0.2) is 0 Å². The number of rotatable bonds is 1. The Morgan fingerprint density at radius 2 is 2.11 bits per heavy atom. The van der Waals surface area contributed by atoms with Crippen LogP contribution in [0.15, 0.2) is 18.2 Å². The van der Waals surface area contributed by atoms with E-state index in [-0.39, 0.29) is 5.82 Å². The predicted molar refractivity (Wildman–Crippen MR) is 68.0 cm³/mol. The van der Waals surface area contributed by atoms with Gasteiger partial charge in [0.2, 0.25) is 0 Å². The van der Waals surface area contributed by atoms with Gasteiger partial charge in [0.25, 0.3) is 0 Å². The van der Waals surface area contributed by atoms with E-state index < -0.39 is 0 Å². The molecule has 2 bridgehead atoms. The van der Waals surface area contributed by atoms with Crippen molar-refractivity contribution in [3.05, 3.63) is 35.1 Å². The maximum absolute atomic E-state index is 13.3. The molecule has 0 aromatic heterocycles. The fourth-order valence-corrected chi connectivity index (χ4v) is 4.20. The van der Waals surface area contributed by atoms with Crippen molar-refractivity contribution in [1.29, 1.82) is 5.41 Å². The van der Waals surface area contributed by atoms with Crippen molar-refractivity contribution in [3.63, 3.8) is 0 Å². The molecule has 2 aliphatic carbocycles. The maximum atomic E-state index is 13.3. The fraction of sp³-hybridized carbons (Fsp3) is 0.533. The molecule has 2 saturated carbocycles. The second kappa shape index (κ2) is 3.56. The van der Waals surface area contributed by atoms with Crippen molar-refractivity contribution in [2.75, 3.05) is 0 Å². The summed E-state index contributed by atoms with van der Waals surface area (Å²) in [5, 5.41) is 8.29. The third kappa shape index (κ3) is 1.36. The van der Waals surface area contributed by atoms with Crippen LogP contribution in [0.2, 0.25) is 0 Å². The molecule has 1 heterocycles. The van der Waals surface area contributed by atoms with Crippen molar-refractivity contribution in [2.24, 2.45) is 11.8 Å². The lowest BCUT2D eigenvalue weighted by molar-refractivity contribution is 0.226. The van der Waals surface area contributed by atoms with Crippen LogP contribution in [-0.4, -0.2) is 16.8 Å². The average Bonchev–Trinajstić information content (AvgIpc) is 3.04. The normalized spacial score (nSPS) is 33.3. The van der Waals surface area contributed by atoms with Crippen LogP contribution in [-0.2, 0) is 6.54 Å². The Bertz CT molecular complexity index is 525. The molecule has 4 rings (SSSR count). The molecule has 1 aliphatic heterocycles. The van der Waals surface area contributed by atoms with Gasteiger partial charge in [-0.3, -0.25) is 5.41 Å². The SMILES string of the molecule is N=C1c2cc(F)ccc2CN1C1CC2CCC1C2. The summed E-state index contributed by atoms with van der Waals surface area (Å²) < 4.78 is 13.3. The van der Waals surface area contributed by atoms with Gasteiger partial charge in [0.1, 0.15) is 11.7 Å². The Labute approximate surface area is 106 Å². The van der Waals surface area contributed by atoms with E-state index in [1.54, 1.807) is 0 Å². The first-order chi connectivity index (χ1) is 8.72. The van der Waals surface area contributed by atoms with Crippen LogP contribution in [0, 0.1) is 23.1 Å². The van der Waals surface area contributed by atoms with Gasteiger partial charge >= 0.3 is 0 Å². The van der Waals surface area contributed by atoms with Crippen LogP contribution in [0.5, 0.6) is 0 Å². The standard InChI is InChI=1S/C15H17FN2/c16-12-4-3-11-8-18(15(17)13(11)7-12)14-6-9-1-2-10(14)5-9/h3-4,7,9-10,14,17H,1-2,5-6,8H2. The Hall–Kier alpha value is -1.38. The minimum absolute atomic E-state index is 0.228. The zero-order valence-corrected chi connectivity index (χ0v) is 10.3. The Morgan fingerprint density at radius 3 is 2.83 bits per heavy atom. The highest BCUT2D eigenvalue weighted by atomic mass is 19.1. The smallest absolute Gasteiger partial charge is 0.129 e. The summed E-state index contributed by atoms with van der Waals surface area (Å²) in [6, 6.07) is 5.40. The topological polar surface area (TPSA) is 27.1 Å². The lowest BCUT2D eigenvalue weighted by atomic mass is 9.94. The first kappa shape index (κ1) is 10.5. The minimum Gasteiger partial charge on any atom is -0.349 e. The lowest BCUT2D eigenvalue weighted by Crippen LogP contribution is -2.39. The highest BCUT2D eigenvalue weighted by molar-refractivity contribution is 6.00.